The first-order valence-corrected chi connectivity index (χ1v) is 6.30. The minimum Gasteiger partial charge on any atom is -0.496 e. The van der Waals surface area contributed by atoms with Crippen LogP contribution >= 0.6 is 24.2 Å². The van der Waals surface area contributed by atoms with Gasteiger partial charge in [-0.25, -0.2) is 0 Å². The third kappa shape index (κ3) is 4.24. The largest absolute Gasteiger partial charge is 0.496 e. The van der Waals surface area contributed by atoms with E-state index in [1.807, 2.05) is 18.2 Å². The van der Waals surface area contributed by atoms with Crippen molar-refractivity contribution in [3.05, 3.63) is 28.8 Å². The molecule has 0 fully saturated rings. The normalized spacial score (nSPS) is 10.8. The van der Waals surface area contributed by atoms with Gasteiger partial charge in [0.15, 0.2) is 0 Å². The lowest BCUT2D eigenvalue weighted by molar-refractivity contribution is 0.319. The molecule has 4 heteroatoms. The molecule has 0 aromatic heterocycles. The summed E-state index contributed by atoms with van der Waals surface area (Å²) in [5.74, 6) is 1.80. The maximum absolute atomic E-state index is 5.98. The standard InChI is InChI=1S/C12H18ClNOS/c1-14(6-3-7-16)9-10-8-11(13)4-5-12(10)15-2/h4-5,8,16H,3,6-7,9H2,1-2H3. The van der Waals surface area contributed by atoms with Crippen molar-refractivity contribution in [2.45, 2.75) is 13.0 Å². The van der Waals surface area contributed by atoms with Crippen molar-refractivity contribution >= 4 is 24.2 Å². The summed E-state index contributed by atoms with van der Waals surface area (Å²) in [6, 6.07) is 5.71. The van der Waals surface area contributed by atoms with E-state index in [-0.39, 0.29) is 0 Å². The number of methoxy groups -OCH3 is 1. The van der Waals surface area contributed by atoms with E-state index in [0.717, 1.165) is 41.6 Å². The molecule has 1 aromatic rings. The number of rotatable bonds is 6. The summed E-state index contributed by atoms with van der Waals surface area (Å²) in [7, 11) is 3.77. The van der Waals surface area contributed by atoms with Gasteiger partial charge in [0.2, 0.25) is 0 Å². The quantitative estimate of drug-likeness (QED) is 0.789. The van der Waals surface area contributed by atoms with E-state index in [9.17, 15) is 0 Å². The fourth-order valence-electron chi connectivity index (χ4n) is 1.58. The third-order valence-corrected chi connectivity index (χ3v) is 2.93. The Morgan fingerprint density at radius 1 is 1.44 bits per heavy atom. The first kappa shape index (κ1) is 13.7. The summed E-state index contributed by atoms with van der Waals surface area (Å²) >= 11 is 10.2. The van der Waals surface area contributed by atoms with Crippen molar-refractivity contribution in [2.24, 2.45) is 0 Å². The van der Waals surface area contributed by atoms with Gasteiger partial charge in [-0.15, -0.1) is 0 Å². The Hall–Kier alpha value is -0.380. The number of thiol groups is 1. The summed E-state index contributed by atoms with van der Waals surface area (Å²) in [4.78, 5) is 2.24. The van der Waals surface area contributed by atoms with Crippen molar-refractivity contribution in [1.29, 1.82) is 0 Å². The number of halogens is 1. The molecule has 0 amide bonds. The fraction of sp³-hybridized carbons (Fsp3) is 0.500. The zero-order valence-corrected chi connectivity index (χ0v) is 11.4. The average molecular weight is 260 g/mol. The second-order valence-corrected chi connectivity index (χ2v) is 4.65. The smallest absolute Gasteiger partial charge is 0.123 e. The van der Waals surface area contributed by atoms with Gasteiger partial charge in [0, 0.05) is 17.1 Å². The number of hydrogen-bond donors (Lipinski definition) is 1. The summed E-state index contributed by atoms with van der Waals surface area (Å²) in [5.41, 5.74) is 1.12. The van der Waals surface area contributed by atoms with Crippen molar-refractivity contribution in [2.75, 3.05) is 26.5 Å². The molecule has 0 spiro atoms. The lowest BCUT2D eigenvalue weighted by atomic mass is 10.2. The molecule has 90 valence electrons. The number of nitrogens with zero attached hydrogens (tertiary/aromatic N) is 1. The van der Waals surface area contributed by atoms with Gasteiger partial charge < -0.3 is 9.64 Å². The predicted octanol–water partition coefficient (Wildman–Crippen LogP) is 3.10. The Bertz CT molecular complexity index is 333. The van der Waals surface area contributed by atoms with Gasteiger partial charge in [-0.05, 0) is 44.0 Å². The molecule has 0 saturated heterocycles. The van der Waals surface area contributed by atoms with Crippen LogP contribution in [0.5, 0.6) is 5.75 Å². The van der Waals surface area contributed by atoms with Crippen LogP contribution in [0.3, 0.4) is 0 Å². The summed E-state index contributed by atoms with van der Waals surface area (Å²) < 4.78 is 5.31. The van der Waals surface area contributed by atoms with E-state index < -0.39 is 0 Å². The zero-order valence-electron chi connectivity index (χ0n) is 9.74. The molecule has 1 rings (SSSR count). The highest BCUT2D eigenvalue weighted by molar-refractivity contribution is 7.80. The third-order valence-electron chi connectivity index (χ3n) is 2.38. The molecule has 0 aliphatic heterocycles. The Balaban J connectivity index is 2.67. The molecule has 0 heterocycles. The predicted molar refractivity (Wildman–Crippen MR) is 72.8 cm³/mol. The van der Waals surface area contributed by atoms with Gasteiger partial charge in [0.1, 0.15) is 5.75 Å². The molecule has 0 aliphatic carbocycles. The van der Waals surface area contributed by atoms with Crippen LogP contribution in [0.25, 0.3) is 0 Å². The zero-order chi connectivity index (χ0) is 12.0. The van der Waals surface area contributed by atoms with Gasteiger partial charge in [0.05, 0.1) is 7.11 Å². The lowest BCUT2D eigenvalue weighted by Gasteiger charge is -2.18. The maximum Gasteiger partial charge on any atom is 0.123 e. The fourth-order valence-corrected chi connectivity index (χ4v) is 1.92. The highest BCUT2D eigenvalue weighted by Crippen LogP contribution is 2.23. The molecular formula is C12H18ClNOS. The average Bonchev–Trinajstić information content (AvgIpc) is 2.27. The van der Waals surface area contributed by atoms with Crippen LogP contribution in [0.15, 0.2) is 18.2 Å². The van der Waals surface area contributed by atoms with Gasteiger partial charge >= 0.3 is 0 Å². The van der Waals surface area contributed by atoms with Crippen LogP contribution in [-0.2, 0) is 6.54 Å². The summed E-state index contributed by atoms with van der Waals surface area (Å²) in [5, 5.41) is 0.749. The number of benzene rings is 1. The Kier molecular flexibility index (Phi) is 6.03. The highest BCUT2D eigenvalue weighted by atomic mass is 35.5. The first-order valence-electron chi connectivity index (χ1n) is 5.29. The number of hydrogen-bond acceptors (Lipinski definition) is 3. The summed E-state index contributed by atoms with van der Waals surface area (Å²) in [6.45, 7) is 1.87. The van der Waals surface area contributed by atoms with Crippen LogP contribution in [0, 0.1) is 0 Å². The van der Waals surface area contributed by atoms with Crippen LogP contribution in [0.2, 0.25) is 5.02 Å². The van der Waals surface area contributed by atoms with E-state index in [2.05, 4.69) is 24.6 Å². The van der Waals surface area contributed by atoms with Gasteiger partial charge in [-0.1, -0.05) is 11.6 Å². The minimum absolute atomic E-state index is 0.749. The van der Waals surface area contributed by atoms with Crippen LogP contribution in [-0.4, -0.2) is 31.4 Å². The van der Waals surface area contributed by atoms with E-state index in [1.165, 1.54) is 0 Å². The molecule has 2 nitrogen and oxygen atoms in total. The lowest BCUT2D eigenvalue weighted by Crippen LogP contribution is -2.19. The Morgan fingerprint density at radius 3 is 2.81 bits per heavy atom. The molecule has 0 bridgehead atoms. The second-order valence-electron chi connectivity index (χ2n) is 3.77. The monoisotopic (exact) mass is 259 g/mol. The van der Waals surface area contributed by atoms with Gasteiger partial charge in [-0.2, -0.15) is 12.6 Å². The van der Waals surface area contributed by atoms with Crippen LogP contribution < -0.4 is 4.74 Å². The molecule has 1 aromatic carbocycles. The van der Waals surface area contributed by atoms with Gasteiger partial charge in [-0.3, -0.25) is 0 Å². The molecule has 0 N–H and O–H groups in total. The van der Waals surface area contributed by atoms with E-state index in [0.29, 0.717) is 0 Å². The van der Waals surface area contributed by atoms with Crippen LogP contribution in [0.4, 0.5) is 0 Å². The molecule has 0 atom stereocenters. The maximum atomic E-state index is 5.98. The minimum atomic E-state index is 0.749. The highest BCUT2D eigenvalue weighted by Gasteiger charge is 2.06. The molecule has 0 radical (unpaired) electrons. The van der Waals surface area contributed by atoms with Crippen molar-refractivity contribution < 1.29 is 4.74 Å². The summed E-state index contributed by atoms with van der Waals surface area (Å²) in [6.07, 6.45) is 1.09. The molecule has 16 heavy (non-hydrogen) atoms. The Morgan fingerprint density at radius 2 is 2.19 bits per heavy atom. The van der Waals surface area contributed by atoms with E-state index in [1.54, 1.807) is 7.11 Å². The SMILES string of the molecule is COc1ccc(Cl)cc1CN(C)CCCS. The van der Waals surface area contributed by atoms with E-state index in [4.69, 9.17) is 16.3 Å². The van der Waals surface area contributed by atoms with Gasteiger partial charge in [0.25, 0.3) is 0 Å². The molecule has 0 aliphatic rings. The molecule has 0 unspecified atom stereocenters. The van der Waals surface area contributed by atoms with Crippen molar-refractivity contribution in [1.82, 2.24) is 4.90 Å². The molecule has 0 saturated carbocycles. The Labute approximate surface area is 108 Å². The second kappa shape index (κ2) is 7.05. The van der Waals surface area contributed by atoms with Crippen LogP contribution in [0.1, 0.15) is 12.0 Å². The number of ether oxygens (including phenoxy) is 1. The van der Waals surface area contributed by atoms with Crippen molar-refractivity contribution in [3.8, 4) is 5.75 Å². The molecular weight excluding hydrogens is 242 g/mol. The topological polar surface area (TPSA) is 12.5 Å². The van der Waals surface area contributed by atoms with E-state index >= 15 is 0 Å². The van der Waals surface area contributed by atoms with Crippen molar-refractivity contribution in [3.63, 3.8) is 0 Å². The first-order chi connectivity index (χ1) is 7.67.